The standard InChI is InChI=1S/C27H31N3O5/c1-17-14-29-12-6-7-18(29)15-30(17)26(33)24(13-25(31)32)28-27(34)35-16-23-21-10-4-2-8-19(21)20-9-3-5-11-22(20)23/h2-5,8-11,17-18,23-24H,6-7,12-16H2,1H3,(H,28,34)(H,31,32). The van der Waals surface area contributed by atoms with Crippen LogP contribution < -0.4 is 5.32 Å². The molecule has 2 fully saturated rings. The predicted molar refractivity (Wildman–Crippen MR) is 130 cm³/mol. The fourth-order valence-corrected chi connectivity index (χ4v) is 5.85. The molecule has 2 amide bonds. The van der Waals surface area contributed by atoms with Crippen LogP contribution in [0.15, 0.2) is 48.5 Å². The number of aliphatic carboxylic acids is 1. The summed E-state index contributed by atoms with van der Waals surface area (Å²) in [5, 5.41) is 12.0. The van der Waals surface area contributed by atoms with Crippen molar-refractivity contribution < 1.29 is 24.2 Å². The molecule has 0 bridgehead atoms. The van der Waals surface area contributed by atoms with Crippen LogP contribution in [0.5, 0.6) is 0 Å². The molecule has 2 saturated heterocycles. The molecule has 2 N–H and O–H groups in total. The molecule has 0 spiro atoms. The first-order chi connectivity index (χ1) is 16.9. The van der Waals surface area contributed by atoms with Gasteiger partial charge in [-0.25, -0.2) is 4.79 Å². The molecule has 3 aliphatic rings. The number of alkyl carbamates (subject to hydrolysis) is 1. The SMILES string of the molecule is CC1CN2CCCC2CN1C(=O)C(CC(=O)O)NC(=O)OCC1c2ccccc2-c2ccccc21. The molecule has 3 unspecified atom stereocenters. The summed E-state index contributed by atoms with van der Waals surface area (Å²) in [5.74, 6) is -1.62. The van der Waals surface area contributed by atoms with Gasteiger partial charge in [-0.15, -0.1) is 0 Å². The van der Waals surface area contributed by atoms with Gasteiger partial charge in [0.25, 0.3) is 0 Å². The fourth-order valence-electron chi connectivity index (χ4n) is 5.85. The Bertz CT molecular complexity index is 1090. The number of piperazine rings is 1. The first-order valence-electron chi connectivity index (χ1n) is 12.3. The van der Waals surface area contributed by atoms with Crippen LogP contribution in [-0.2, 0) is 14.3 Å². The van der Waals surface area contributed by atoms with Crippen LogP contribution in [0, 0.1) is 0 Å². The zero-order valence-electron chi connectivity index (χ0n) is 19.9. The quantitative estimate of drug-likeness (QED) is 0.664. The average Bonchev–Trinajstić information content (AvgIpc) is 3.43. The lowest BCUT2D eigenvalue weighted by Crippen LogP contribution is -2.61. The molecular formula is C27H31N3O5. The van der Waals surface area contributed by atoms with Gasteiger partial charge in [-0.05, 0) is 48.6 Å². The van der Waals surface area contributed by atoms with Crippen LogP contribution in [0.3, 0.4) is 0 Å². The Morgan fingerprint density at radius 3 is 2.37 bits per heavy atom. The minimum absolute atomic E-state index is 0.0440. The number of carbonyl (C=O) groups is 3. The van der Waals surface area contributed by atoms with Gasteiger partial charge in [0, 0.05) is 31.1 Å². The molecule has 0 saturated carbocycles. The number of nitrogens with zero attached hydrogens (tertiary/aromatic N) is 2. The van der Waals surface area contributed by atoms with E-state index in [1.165, 1.54) is 0 Å². The molecule has 8 heteroatoms. The lowest BCUT2D eigenvalue weighted by atomic mass is 9.98. The Balaban J connectivity index is 1.26. The summed E-state index contributed by atoms with van der Waals surface area (Å²) < 4.78 is 5.56. The number of nitrogens with one attached hydrogen (secondary N) is 1. The number of carbonyl (C=O) groups excluding carboxylic acids is 2. The van der Waals surface area contributed by atoms with E-state index in [0.29, 0.717) is 12.6 Å². The minimum Gasteiger partial charge on any atom is -0.481 e. The third-order valence-electron chi connectivity index (χ3n) is 7.53. The highest BCUT2D eigenvalue weighted by Crippen LogP contribution is 2.44. The Labute approximate surface area is 204 Å². The number of carboxylic acid groups (broad SMARTS) is 1. The summed E-state index contributed by atoms with van der Waals surface area (Å²) in [7, 11) is 0. The van der Waals surface area contributed by atoms with Crippen molar-refractivity contribution in [3.8, 4) is 11.1 Å². The van der Waals surface area contributed by atoms with Gasteiger partial charge in [0.05, 0.1) is 6.42 Å². The number of amides is 2. The van der Waals surface area contributed by atoms with Crippen LogP contribution >= 0.6 is 0 Å². The zero-order chi connectivity index (χ0) is 24.5. The topological polar surface area (TPSA) is 99.2 Å². The average molecular weight is 478 g/mol. The number of hydrogen-bond donors (Lipinski definition) is 2. The van der Waals surface area contributed by atoms with Crippen molar-refractivity contribution in [2.75, 3.05) is 26.2 Å². The van der Waals surface area contributed by atoms with Gasteiger partial charge >= 0.3 is 12.1 Å². The molecule has 2 aromatic carbocycles. The van der Waals surface area contributed by atoms with Crippen LogP contribution in [0.2, 0.25) is 0 Å². The van der Waals surface area contributed by atoms with Crippen molar-refractivity contribution >= 4 is 18.0 Å². The molecule has 0 radical (unpaired) electrons. The van der Waals surface area contributed by atoms with Crippen molar-refractivity contribution in [2.45, 2.75) is 50.2 Å². The summed E-state index contributed by atoms with van der Waals surface area (Å²) in [6, 6.07) is 15.2. The Morgan fingerprint density at radius 2 is 1.71 bits per heavy atom. The summed E-state index contributed by atoms with van der Waals surface area (Å²) in [6.45, 7) is 4.43. The highest BCUT2D eigenvalue weighted by Gasteiger charge is 2.39. The maximum atomic E-state index is 13.3. The number of rotatable bonds is 6. The van der Waals surface area contributed by atoms with Gasteiger partial charge in [0.1, 0.15) is 12.6 Å². The zero-order valence-corrected chi connectivity index (χ0v) is 19.9. The van der Waals surface area contributed by atoms with E-state index in [4.69, 9.17) is 4.74 Å². The molecule has 0 aromatic heterocycles. The molecule has 2 aliphatic heterocycles. The van der Waals surface area contributed by atoms with E-state index in [1.54, 1.807) is 4.90 Å². The van der Waals surface area contributed by atoms with Gasteiger partial charge in [-0.1, -0.05) is 48.5 Å². The normalized spacial score (nSPS) is 22.1. The molecule has 2 heterocycles. The second-order valence-electron chi connectivity index (χ2n) is 9.75. The second-order valence-corrected chi connectivity index (χ2v) is 9.75. The Hall–Kier alpha value is -3.39. The number of fused-ring (bicyclic) bond motifs is 4. The smallest absolute Gasteiger partial charge is 0.407 e. The number of benzene rings is 2. The van der Waals surface area contributed by atoms with E-state index in [2.05, 4.69) is 22.3 Å². The Kier molecular flexibility index (Phi) is 6.47. The summed E-state index contributed by atoms with van der Waals surface area (Å²) >= 11 is 0. The maximum absolute atomic E-state index is 13.3. The van der Waals surface area contributed by atoms with E-state index in [0.717, 1.165) is 48.2 Å². The lowest BCUT2D eigenvalue weighted by Gasteiger charge is -2.43. The van der Waals surface area contributed by atoms with E-state index < -0.39 is 24.5 Å². The minimum atomic E-state index is -1.17. The van der Waals surface area contributed by atoms with Crippen LogP contribution in [0.25, 0.3) is 11.1 Å². The largest absolute Gasteiger partial charge is 0.481 e. The number of ether oxygens (including phenoxy) is 1. The van der Waals surface area contributed by atoms with Crippen LogP contribution in [0.1, 0.15) is 43.2 Å². The fraction of sp³-hybridized carbons (Fsp3) is 0.444. The van der Waals surface area contributed by atoms with Gasteiger partial charge in [-0.3, -0.25) is 14.5 Å². The molecule has 3 atom stereocenters. The maximum Gasteiger partial charge on any atom is 0.407 e. The second kappa shape index (κ2) is 9.70. The van der Waals surface area contributed by atoms with Crippen molar-refractivity contribution in [3.05, 3.63) is 59.7 Å². The van der Waals surface area contributed by atoms with E-state index >= 15 is 0 Å². The van der Waals surface area contributed by atoms with E-state index in [-0.39, 0.29) is 24.5 Å². The predicted octanol–water partition coefficient (Wildman–Crippen LogP) is 3.06. The highest BCUT2D eigenvalue weighted by molar-refractivity contribution is 5.89. The third kappa shape index (κ3) is 4.62. The summed E-state index contributed by atoms with van der Waals surface area (Å²) in [5.41, 5.74) is 4.41. The summed E-state index contributed by atoms with van der Waals surface area (Å²) in [6.07, 6.45) is 0.870. The van der Waals surface area contributed by atoms with Gasteiger partial charge < -0.3 is 20.1 Å². The molecule has 2 aromatic rings. The van der Waals surface area contributed by atoms with Crippen LogP contribution in [-0.4, -0.2) is 77.2 Å². The first-order valence-corrected chi connectivity index (χ1v) is 12.3. The number of carboxylic acids is 1. The molecule has 35 heavy (non-hydrogen) atoms. The van der Waals surface area contributed by atoms with Gasteiger partial charge in [0.2, 0.25) is 5.91 Å². The molecule has 184 valence electrons. The summed E-state index contributed by atoms with van der Waals surface area (Å²) in [4.78, 5) is 41.7. The number of hydrogen-bond acceptors (Lipinski definition) is 5. The lowest BCUT2D eigenvalue weighted by molar-refractivity contribution is -0.145. The van der Waals surface area contributed by atoms with Crippen molar-refractivity contribution in [3.63, 3.8) is 0 Å². The first kappa shape index (κ1) is 23.4. The van der Waals surface area contributed by atoms with Crippen LogP contribution in [0.4, 0.5) is 4.79 Å². The van der Waals surface area contributed by atoms with E-state index in [1.807, 2.05) is 43.3 Å². The highest BCUT2D eigenvalue weighted by atomic mass is 16.5. The molecule has 1 aliphatic carbocycles. The van der Waals surface area contributed by atoms with Crippen molar-refractivity contribution in [1.82, 2.24) is 15.1 Å². The molecular weight excluding hydrogens is 446 g/mol. The monoisotopic (exact) mass is 477 g/mol. The molecule has 8 nitrogen and oxygen atoms in total. The van der Waals surface area contributed by atoms with Crippen molar-refractivity contribution in [1.29, 1.82) is 0 Å². The third-order valence-corrected chi connectivity index (χ3v) is 7.53. The van der Waals surface area contributed by atoms with Gasteiger partial charge in [-0.2, -0.15) is 0 Å². The van der Waals surface area contributed by atoms with Gasteiger partial charge in [0.15, 0.2) is 0 Å². The van der Waals surface area contributed by atoms with Crippen molar-refractivity contribution in [2.24, 2.45) is 0 Å². The molecule has 5 rings (SSSR count). The Morgan fingerprint density at radius 1 is 1.06 bits per heavy atom. The van der Waals surface area contributed by atoms with E-state index in [9.17, 15) is 19.5 Å².